The predicted octanol–water partition coefficient (Wildman–Crippen LogP) is 2.46. The number of hydrogen-bond donors (Lipinski definition) is 2. The molecule has 0 heterocycles. The lowest BCUT2D eigenvalue weighted by atomic mass is 10.2. The predicted molar refractivity (Wildman–Crippen MR) is 74.5 cm³/mol. The Balaban J connectivity index is 0.000000351. The molecule has 4 heteroatoms. The van der Waals surface area contributed by atoms with E-state index in [1.807, 2.05) is 39.0 Å². The Kier molecular flexibility index (Phi) is 7.79. The highest BCUT2D eigenvalue weighted by molar-refractivity contribution is 5.67. The molecule has 3 N–H and O–H groups in total. The molecular weight excluding hydrogens is 228 g/mol. The van der Waals surface area contributed by atoms with E-state index < -0.39 is 11.7 Å². The van der Waals surface area contributed by atoms with Gasteiger partial charge in [0, 0.05) is 13.1 Å². The van der Waals surface area contributed by atoms with Crippen LogP contribution in [0.3, 0.4) is 0 Å². The van der Waals surface area contributed by atoms with E-state index >= 15 is 0 Å². The minimum Gasteiger partial charge on any atom is -0.444 e. The maximum Gasteiger partial charge on any atom is 0.407 e. The monoisotopic (exact) mass is 252 g/mol. The van der Waals surface area contributed by atoms with Gasteiger partial charge >= 0.3 is 6.09 Å². The lowest BCUT2D eigenvalue weighted by molar-refractivity contribution is 0.0529. The van der Waals surface area contributed by atoms with Crippen LogP contribution < -0.4 is 11.1 Å². The Morgan fingerprint density at radius 2 is 1.83 bits per heavy atom. The number of aryl methyl sites for hydroxylation is 1. The smallest absolute Gasteiger partial charge is 0.407 e. The first-order valence-corrected chi connectivity index (χ1v) is 6.03. The number of hydrogen-bond acceptors (Lipinski definition) is 3. The van der Waals surface area contributed by atoms with Crippen molar-refractivity contribution in [2.75, 3.05) is 13.1 Å². The Morgan fingerprint density at radius 1 is 1.28 bits per heavy atom. The normalized spacial score (nSPS) is 10.1. The van der Waals surface area contributed by atoms with E-state index in [2.05, 4.69) is 24.4 Å². The van der Waals surface area contributed by atoms with Crippen molar-refractivity contribution in [3.8, 4) is 0 Å². The molecule has 0 fully saturated rings. The first-order valence-electron chi connectivity index (χ1n) is 6.03. The SMILES string of the molecule is CC(C)(C)OC(=O)NCCN.Cc1ccccc1. The summed E-state index contributed by atoms with van der Waals surface area (Å²) in [5.74, 6) is 0. The first kappa shape index (κ1) is 16.4. The van der Waals surface area contributed by atoms with Crippen LogP contribution in [0.15, 0.2) is 30.3 Å². The van der Waals surface area contributed by atoms with E-state index in [4.69, 9.17) is 10.5 Å². The van der Waals surface area contributed by atoms with E-state index in [1.165, 1.54) is 5.56 Å². The Labute approximate surface area is 110 Å². The third-order valence-electron chi connectivity index (χ3n) is 1.75. The third-order valence-corrected chi connectivity index (χ3v) is 1.75. The molecule has 0 radical (unpaired) electrons. The van der Waals surface area contributed by atoms with E-state index in [0.717, 1.165) is 0 Å². The molecule has 0 saturated heterocycles. The minimum absolute atomic E-state index is 0.414. The van der Waals surface area contributed by atoms with Crippen LogP contribution in [0.4, 0.5) is 4.79 Å². The minimum atomic E-state index is -0.432. The molecule has 1 aromatic carbocycles. The summed E-state index contributed by atoms with van der Waals surface area (Å²) in [6.07, 6.45) is -0.414. The van der Waals surface area contributed by atoms with E-state index in [1.54, 1.807) is 0 Å². The molecule has 0 aromatic heterocycles. The van der Waals surface area contributed by atoms with Crippen molar-refractivity contribution >= 4 is 6.09 Å². The fourth-order valence-corrected chi connectivity index (χ4v) is 1.02. The van der Waals surface area contributed by atoms with Crippen molar-refractivity contribution in [2.45, 2.75) is 33.3 Å². The van der Waals surface area contributed by atoms with Crippen molar-refractivity contribution in [3.63, 3.8) is 0 Å². The third kappa shape index (κ3) is 11.0. The highest BCUT2D eigenvalue weighted by Crippen LogP contribution is 2.05. The highest BCUT2D eigenvalue weighted by atomic mass is 16.6. The summed E-state index contributed by atoms with van der Waals surface area (Å²) >= 11 is 0. The summed E-state index contributed by atoms with van der Waals surface area (Å²) in [5, 5.41) is 2.50. The molecule has 0 aliphatic heterocycles. The van der Waals surface area contributed by atoms with Gasteiger partial charge in [0.15, 0.2) is 0 Å². The molecule has 102 valence electrons. The van der Waals surface area contributed by atoms with Gasteiger partial charge in [0.25, 0.3) is 0 Å². The fourth-order valence-electron chi connectivity index (χ4n) is 1.02. The maximum absolute atomic E-state index is 10.8. The highest BCUT2D eigenvalue weighted by Gasteiger charge is 2.14. The number of amides is 1. The van der Waals surface area contributed by atoms with Gasteiger partial charge in [0.05, 0.1) is 0 Å². The number of rotatable bonds is 2. The molecule has 1 rings (SSSR count). The van der Waals surface area contributed by atoms with Crippen LogP contribution in [0, 0.1) is 6.92 Å². The molecule has 4 nitrogen and oxygen atoms in total. The summed E-state index contributed by atoms with van der Waals surface area (Å²) < 4.78 is 4.93. The topological polar surface area (TPSA) is 64.3 Å². The number of nitrogens with one attached hydrogen (secondary N) is 1. The summed E-state index contributed by atoms with van der Waals surface area (Å²) in [6.45, 7) is 8.41. The second-order valence-corrected chi connectivity index (χ2v) is 4.87. The largest absolute Gasteiger partial charge is 0.444 e. The molecule has 0 atom stereocenters. The number of ether oxygens (including phenoxy) is 1. The molecule has 1 aromatic rings. The molecular formula is C14H24N2O2. The van der Waals surface area contributed by atoms with Crippen molar-refractivity contribution in [1.82, 2.24) is 5.32 Å². The molecule has 1 amide bonds. The molecule has 0 unspecified atom stereocenters. The van der Waals surface area contributed by atoms with Gasteiger partial charge in [-0.2, -0.15) is 0 Å². The van der Waals surface area contributed by atoms with Crippen molar-refractivity contribution < 1.29 is 9.53 Å². The molecule has 0 aliphatic carbocycles. The van der Waals surface area contributed by atoms with E-state index in [9.17, 15) is 4.79 Å². The summed E-state index contributed by atoms with van der Waals surface area (Å²) in [5.41, 5.74) is 6.06. The van der Waals surface area contributed by atoms with Gasteiger partial charge in [-0.3, -0.25) is 0 Å². The van der Waals surface area contributed by atoms with E-state index in [0.29, 0.717) is 13.1 Å². The molecule has 0 bridgehead atoms. The number of benzene rings is 1. The second kappa shape index (κ2) is 8.53. The maximum atomic E-state index is 10.8. The fraction of sp³-hybridized carbons (Fsp3) is 0.500. The Morgan fingerprint density at radius 3 is 2.17 bits per heavy atom. The zero-order valence-electron chi connectivity index (χ0n) is 11.7. The van der Waals surface area contributed by atoms with Crippen LogP contribution in [0.2, 0.25) is 0 Å². The average Bonchev–Trinajstić information content (AvgIpc) is 2.26. The van der Waals surface area contributed by atoms with Crippen LogP contribution in [-0.4, -0.2) is 24.8 Å². The van der Waals surface area contributed by atoms with Crippen LogP contribution in [0.1, 0.15) is 26.3 Å². The van der Waals surface area contributed by atoms with Gasteiger partial charge in [-0.25, -0.2) is 4.79 Å². The van der Waals surface area contributed by atoms with Crippen molar-refractivity contribution in [2.24, 2.45) is 5.73 Å². The molecule has 18 heavy (non-hydrogen) atoms. The van der Waals surface area contributed by atoms with Gasteiger partial charge < -0.3 is 15.8 Å². The van der Waals surface area contributed by atoms with Crippen molar-refractivity contribution in [3.05, 3.63) is 35.9 Å². The quantitative estimate of drug-likeness (QED) is 0.849. The van der Waals surface area contributed by atoms with Gasteiger partial charge in [-0.05, 0) is 27.7 Å². The number of carbonyl (C=O) groups is 1. The summed E-state index contributed by atoms with van der Waals surface area (Å²) in [7, 11) is 0. The molecule has 0 saturated carbocycles. The second-order valence-electron chi connectivity index (χ2n) is 4.87. The summed E-state index contributed by atoms with van der Waals surface area (Å²) in [4.78, 5) is 10.8. The Hall–Kier alpha value is -1.55. The van der Waals surface area contributed by atoms with Gasteiger partial charge in [-0.1, -0.05) is 35.9 Å². The van der Waals surface area contributed by atoms with Crippen LogP contribution in [0.25, 0.3) is 0 Å². The number of carbonyl (C=O) groups excluding carboxylic acids is 1. The molecule has 0 spiro atoms. The van der Waals surface area contributed by atoms with Crippen LogP contribution in [-0.2, 0) is 4.74 Å². The standard InChI is InChI=1S/C7H16N2O2.C7H8/c1-7(2,3)11-6(10)9-5-4-8;1-7-5-3-2-4-6-7/h4-5,8H2,1-3H3,(H,9,10);2-6H,1H3. The Bertz CT molecular complexity index is 331. The van der Waals surface area contributed by atoms with E-state index in [-0.39, 0.29) is 0 Å². The zero-order valence-corrected chi connectivity index (χ0v) is 11.7. The average molecular weight is 252 g/mol. The van der Waals surface area contributed by atoms with Crippen LogP contribution in [0.5, 0.6) is 0 Å². The van der Waals surface area contributed by atoms with Crippen molar-refractivity contribution in [1.29, 1.82) is 0 Å². The zero-order chi connectivity index (χ0) is 14.0. The van der Waals surface area contributed by atoms with Gasteiger partial charge in [0.2, 0.25) is 0 Å². The molecule has 0 aliphatic rings. The number of alkyl carbamates (subject to hydrolysis) is 1. The van der Waals surface area contributed by atoms with Gasteiger partial charge in [-0.15, -0.1) is 0 Å². The first-order chi connectivity index (χ1) is 8.35. The lowest BCUT2D eigenvalue weighted by Crippen LogP contribution is -2.35. The van der Waals surface area contributed by atoms with Gasteiger partial charge in [0.1, 0.15) is 5.60 Å². The van der Waals surface area contributed by atoms with Crippen LogP contribution >= 0.6 is 0 Å². The number of nitrogens with two attached hydrogens (primary N) is 1. The summed E-state index contributed by atoms with van der Waals surface area (Å²) in [6, 6.07) is 10.3. The lowest BCUT2D eigenvalue weighted by Gasteiger charge is -2.19.